The zero-order valence-electron chi connectivity index (χ0n) is 14.8. The fourth-order valence-corrected chi connectivity index (χ4v) is 3.36. The Morgan fingerprint density at radius 1 is 1.16 bits per heavy atom. The van der Waals surface area contributed by atoms with E-state index in [1.54, 1.807) is 0 Å². The van der Waals surface area contributed by atoms with E-state index in [0.717, 1.165) is 54.5 Å². The molecule has 25 heavy (non-hydrogen) atoms. The number of nitrogens with zero attached hydrogens (tertiary/aromatic N) is 3. The van der Waals surface area contributed by atoms with Crippen molar-refractivity contribution in [3.05, 3.63) is 63.9 Å². The van der Waals surface area contributed by atoms with Gasteiger partial charge in [0.1, 0.15) is 12.3 Å². The quantitative estimate of drug-likeness (QED) is 0.580. The lowest BCUT2D eigenvalue weighted by Gasteiger charge is -2.17. The van der Waals surface area contributed by atoms with Crippen molar-refractivity contribution in [2.45, 2.75) is 26.7 Å². The molecule has 0 saturated carbocycles. The Kier molecular flexibility index (Phi) is 6.05. The third kappa shape index (κ3) is 4.20. The van der Waals surface area contributed by atoms with Crippen LogP contribution in [0.1, 0.15) is 36.2 Å². The average Bonchev–Trinajstić information content (AvgIpc) is 2.79. The van der Waals surface area contributed by atoms with Gasteiger partial charge in [-0.25, -0.2) is 0 Å². The first-order valence-electron chi connectivity index (χ1n) is 8.88. The zero-order chi connectivity index (χ0) is 17.6. The van der Waals surface area contributed by atoms with E-state index >= 15 is 0 Å². The summed E-state index contributed by atoms with van der Waals surface area (Å²) in [4.78, 5) is 12.6. The smallest absolute Gasteiger partial charge is 0.136 e. The molecule has 0 unspecified atom stereocenters. The Balaban J connectivity index is 1.89. The number of hydrogen-bond donors (Lipinski definition) is 0. The number of aryl methyl sites for hydroxylation is 2. The van der Waals surface area contributed by atoms with E-state index in [4.69, 9.17) is 16.4 Å². The van der Waals surface area contributed by atoms with Gasteiger partial charge in [0.05, 0.1) is 5.69 Å². The Bertz CT molecular complexity index is 756. The molecule has 2 aromatic rings. The van der Waals surface area contributed by atoms with Crippen molar-refractivity contribution < 1.29 is 4.84 Å². The van der Waals surface area contributed by atoms with Crippen LogP contribution >= 0.6 is 11.6 Å². The first-order chi connectivity index (χ1) is 12.2. The molecule has 1 aromatic carbocycles. The van der Waals surface area contributed by atoms with Gasteiger partial charge in [-0.1, -0.05) is 42.7 Å². The van der Waals surface area contributed by atoms with Gasteiger partial charge in [0, 0.05) is 23.3 Å². The molecule has 0 N–H and O–H groups in total. The van der Waals surface area contributed by atoms with E-state index in [2.05, 4.69) is 35.0 Å². The Hall–Kier alpha value is -1.91. The van der Waals surface area contributed by atoms with Gasteiger partial charge >= 0.3 is 0 Å². The van der Waals surface area contributed by atoms with Crippen LogP contribution in [0.25, 0.3) is 0 Å². The van der Waals surface area contributed by atoms with Gasteiger partial charge in [-0.2, -0.15) is 0 Å². The topological polar surface area (TPSA) is 37.7 Å². The summed E-state index contributed by atoms with van der Waals surface area (Å²) in [7, 11) is 0. The molecule has 0 atom stereocenters. The summed E-state index contributed by atoms with van der Waals surface area (Å²) < 4.78 is 0. The highest BCUT2D eigenvalue weighted by Crippen LogP contribution is 2.26. The molecule has 0 bridgehead atoms. The van der Waals surface area contributed by atoms with E-state index in [0.29, 0.717) is 6.61 Å². The summed E-state index contributed by atoms with van der Waals surface area (Å²) in [5.41, 5.74) is 5.16. The van der Waals surface area contributed by atoms with Crippen LogP contribution in [0.3, 0.4) is 0 Å². The highest BCUT2D eigenvalue weighted by Gasteiger charge is 2.21. The highest BCUT2D eigenvalue weighted by atomic mass is 35.5. The number of aromatic nitrogens is 1. The average molecular weight is 358 g/mol. The number of benzene rings is 1. The summed E-state index contributed by atoms with van der Waals surface area (Å²) in [6, 6.07) is 10.0. The minimum Gasteiger partial charge on any atom is -0.394 e. The third-order valence-corrected chi connectivity index (χ3v) is 4.89. The van der Waals surface area contributed by atoms with Crippen molar-refractivity contribution in [1.82, 2.24) is 9.88 Å². The fraction of sp³-hybridized carbons (Fsp3) is 0.400. The van der Waals surface area contributed by atoms with Gasteiger partial charge in [-0.3, -0.25) is 4.98 Å². The number of pyridine rings is 1. The molecule has 132 valence electrons. The second-order valence-corrected chi connectivity index (χ2v) is 6.55. The van der Waals surface area contributed by atoms with Crippen LogP contribution in [0.5, 0.6) is 0 Å². The van der Waals surface area contributed by atoms with Gasteiger partial charge < -0.3 is 9.74 Å². The van der Waals surface area contributed by atoms with Crippen LogP contribution in [0, 0.1) is 0 Å². The van der Waals surface area contributed by atoms with Gasteiger partial charge in [0.2, 0.25) is 0 Å². The molecule has 0 aliphatic heterocycles. The van der Waals surface area contributed by atoms with Gasteiger partial charge in [0.15, 0.2) is 0 Å². The second kappa shape index (κ2) is 8.45. The number of halogens is 1. The molecular formula is C20H24ClN3O. The zero-order valence-corrected chi connectivity index (χ0v) is 15.6. The normalized spacial score (nSPS) is 15.0. The molecular weight excluding hydrogens is 334 g/mol. The molecule has 3 rings (SSSR count). The van der Waals surface area contributed by atoms with Crippen LogP contribution in [0.2, 0.25) is 5.02 Å². The Labute approximate surface area is 154 Å². The fourth-order valence-electron chi connectivity index (χ4n) is 3.16. The first-order valence-corrected chi connectivity index (χ1v) is 9.26. The third-order valence-electron chi connectivity index (χ3n) is 4.65. The van der Waals surface area contributed by atoms with E-state index in [-0.39, 0.29) is 0 Å². The van der Waals surface area contributed by atoms with E-state index in [1.165, 1.54) is 11.1 Å². The molecule has 0 amide bonds. The lowest BCUT2D eigenvalue weighted by molar-refractivity contribution is 0.114. The number of likely N-dealkylation sites (N-methyl/N-ethyl adjacent to an activating group) is 1. The van der Waals surface area contributed by atoms with Crippen LogP contribution in [0.4, 0.5) is 0 Å². The van der Waals surface area contributed by atoms with E-state index in [1.807, 2.05) is 30.5 Å². The SMILES string of the molecule is CCN(CC)CCO/N=C1\c2ccc(Cl)cc2CCc2cccnc21. The second-order valence-electron chi connectivity index (χ2n) is 6.11. The van der Waals surface area contributed by atoms with Crippen LogP contribution < -0.4 is 0 Å². The predicted molar refractivity (Wildman–Crippen MR) is 102 cm³/mol. The number of hydrogen-bond acceptors (Lipinski definition) is 4. The van der Waals surface area contributed by atoms with E-state index < -0.39 is 0 Å². The molecule has 1 aliphatic rings. The molecule has 1 heterocycles. The van der Waals surface area contributed by atoms with Gasteiger partial charge in [-0.05, 0) is 55.3 Å². The Morgan fingerprint density at radius 3 is 2.76 bits per heavy atom. The summed E-state index contributed by atoms with van der Waals surface area (Å²) in [5.74, 6) is 0. The van der Waals surface area contributed by atoms with E-state index in [9.17, 15) is 0 Å². The lowest BCUT2D eigenvalue weighted by atomic mass is 10.0. The molecule has 0 saturated heterocycles. The maximum atomic E-state index is 6.19. The summed E-state index contributed by atoms with van der Waals surface area (Å²) >= 11 is 6.19. The minimum atomic E-state index is 0.566. The summed E-state index contributed by atoms with van der Waals surface area (Å²) in [6.45, 7) is 7.77. The first kappa shape index (κ1) is 17.9. The maximum absolute atomic E-state index is 6.19. The van der Waals surface area contributed by atoms with Crippen LogP contribution in [-0.2, 0) is 17.7 Å². The molecule has 0 spiro atoms. The van der Waals surface area contributed by atoms with Crippen molar-refractivity contribution in [1.29, 1.82) is 0 Å². The number of oxime groups is 1. The van der Waals surface area contributed by atoms with Gasteiger partial charge in [-0.15, -0.1) is 0 Å². The standard InChI is InChI=1S/C20H24ClN3O/c1-3-24(4-2)12-13-25-23-20-18-10-9-17(21)14-16(18)8-7-15-6-5-11-22-19(15)20/h5-6,9-11,14H,3-4,7-8,12-13H2,1-2H3/b23-20+. The Morgan fingerprint density at radius 2 is 1.96 bits per heavy atom. The van der Waals surface area contributed by atoms with Gasteiger partial charge in [0.25, 0.3) is 0 Å². The summed E-state index contributed by atoms with van der Waals surface area (Å²) in [5, 5.41) is 5.23. The molecule has 5 heteroatoms. The highest BCUT2D eigenvalue weighted by molar-refractivity contribution is 6.31. The molecule has 1 aromatic heterocycles. The van der Waals surface area contributed by atoms with Crippen molar-refractivity contribution in [3.8, 4) is 0 Å². The van der Waals surface area contributed by atoms with Crippen molar-refractivity contribution in [3.63, 3.8) is 0 Å². The maximum Gasteiger partial charge on any atom is 0.136 e. The molecule has 0 radical (unpaired) electrons. The van der Waals surface area contributed by atoms with Crippen molar-refractivity contribution >= 4 is 17.3 Å². The monoisotopic (exact) mass is 357 g/mol. The lowest BCUT2D eigenvalue weighted by Crippen LogP contribution is -2.26. The largest absolute Gasteiger partial charge is 0.394 e. The minimum absolute atomic E-state index is 0.566. The number of rotatable bonds is 6. The molecule has 4 nitrogen and oxygen atoms in total. The van der Waals surface area contributed by atoms with Crippen molar-refractivity contribution in [2.24, 2.45) is 5.16 Å². The number of fused-ring (bicyclic) bond motifs is 2. The van der Waals surface area contributed by atoms with Crippen molar-refractivity contribution in [2.75, 3.05) is 26.2 Å². The predicted octanol–water partition coefficient (Wildman–Crippen LogP) is 3.94. The summed E-state index contributed by atoms with van der Waals surface area (Å²) in [6.07, 6.45) is 3.66. The van der Waals surface area contributed by atoms with Crippen LogP contribution in [-0.4, -0.2) is 41.8 Å². The molecule has 1 aliphatic carbocycles. The van der Waals surface area contributed by atoms with Crippen LogP contribution in [0.15, 0.2) is 41.7 Å². The molecule has 0 fully saturated rings.